The third kappa shape index (κ3) is 1.80. The molecule has 0 unspecified atom stereocenters. The minimum atomic E-state index is 0.742. The predicted octanol–water partition coefficient (Wildman–Crippen LogP) is 3.38. The van der Waals surface area contributed by atoms with Gasteiger partial charge in [0.15, 0.2) is 0 Å². The van der Waals surface area contributed by atoms with E-state index in [2.05, 4.69) is 35.0 Å². The summed E-state index contributed by atoms with van der Waals surface area (Å²) in [6.45, 7) is 2.10. The summed E-state index contributed by atoms with van der Waals surface area (Å²) in [7, 11) is 0. The SMILES string of the molecule is c1cc2cc(C3CC[N]CC3)ccc2s1. The quantitative estimate of drug-likeness (QED) is 0.694. The van der Waals surface area contributed by atoms with E-state index in [0.717, 1.165) is 19.0 Å². The molecule has 0 aliphatic carbocycles. The van der Waals surface area contributed by atoms with Gasteiger partial charge in [0.1, 0.15) is 0 Å². The summed E-state index contributed by atoms with van der Waals surface area (Å²) in [6, 6.07) is 9.15. The largest absolute Gasteiger partial charge is 0.242 e. The van der Waals surface area contributed by atoms with Crippen molar-refractivity contribution in [2.75, 3.05) is 13.1 Å². The molecule has 15 heavy (non-hydrogen) atoms. The number of piperidine rings is 1. The fraction of sp³-hybridized carbons (Fsp3) is 0.385. The van der Waals surface area contributed by atoms with E-state index < -0.39 is 0 Å². The first kappa shape index (κ1) is 9.37. The molecule has 1 aliphatic rings. The standard InChI is InChI=1S/C13H14NS/c1-2-13-12(5-8-15-13)9-11(1)10-3-6-14-7-4-10/h1-2,5,8-10H,3-4,6-7H2. The van der Waals surface area contributed by atoms with E-state index >= 15 is 0 Å². The van der Waals surface area contributed by atoms with Crippen molar-refractivity contribution in [3.63, 3.8) is 0 Å². The van der Waals surface area contributed by atoms with Crippen LogP contribution in [0.2, 0.25) is 0 Å². The van der Waals surface area contributed by atoms with E-state index in [9.17, 15) is 0 Å². The van der Waals surface area contributed by atoms with Gasteiger partial charge in [0.2, 0.25) is 0 Å². The minimum Gasteiger partial charge on any atom is -0.242 e. The zero-order valence-electron chi connectivity index (χ0n) is 8.65. The predicted molar refractivity (Wildman–Crippen MR) is 65.7 cm³/mol. The highest BCUT2D eigenvalue weighted by Crippen LogP contribution is 2.29. The monoisotopic (exact) mass is 216 g/mol. The minimum absolute atomic E-state index is 0.742. The Labute approximate surface area is 94.1 Å². The van der Waals surface area contributed by atoms with Gasteiger partial charge in [-0.25, -0.2) is 5.32 Å². The van der Waals surface area contributed by atoms with E-state index in [0.29, 0.717) is 0 Å². The lowest BCUT2D eigenvalue weighted by atomic mass is 9.90. The number of nitrogens with zero attached hydrogens (tertiary/aromatic N) is 1. The van der Waals surface area contributed by atoms with Gasteiger partial charge in [0.05, 0.1) is 0 Å². The van der Waals surface area contributed by atoms with Gasteiger partial charge in [-0.3, -0.25) is 0 Å². The molecule has 1 nitrogen and oxygen atoms in total. The number of benzene rings is 1. The maximum Gasteiger partial charge on any atom is 0.0342 e. The Morgan fingerprint density at radius 3 is 2.87 bits per heavy atom. The Balaban J connectivity index is 1.95. The van der Waals surface area contributed by atoms with Gasteiger partial charge >= 0.3 is 0 Å². The zero-order valence-corrected chi connectivity index (χ0v) is 9.46. The fourth-order valence-electron chi connectivity index (χ4n) is 2.32. The number of fused-ring (bicyclic) bond motifs is 1. The van der Waals surface area contributed by atoms with Gasteiger partial charge in [0, 0.05) is 17.8 Å². The summed E-state index contributed by atoms with van der Waals surface area (Å²) in [4.78, 5) is 0. The number of thiophene rings is 1. The van der Waals surface area contributed by atoms with Crippen molar-refractivity contribution in [1.29, 1.82) is 0 Å². The normalized spacial score (nSPS) is 18.4. The maximum atomic E-state index is 4.41. The summed E-state index contributed by atoms with van der Waals surface area (Å²) in [5.74, 6) is 0.742. The van der Waals surface area contributed by atoms with Crippen LogP contribution in [0, 0.1) is 0 Å². The topological polar surface area (TPSA) is 14.1 Å². The van der Waals surface area contributed by atoms with E-state index in [4.69, 9.17) is 0 Å². The molecule has 0 bridgehead atoms. The summed E-state index contributed by atoms with van der Waals surface area (Å²) in [5.41, 5.74) is 1.51. The Bertz CT molecular complexity index is 454. The molecule has 0 atom stereocenters. The van der Waals surface area contributed by atoms with Gasteiger partial charge in [-0.1, -0.05) is 12.1 Å². The Morgan fingerprint density at radius 1 is 1.13 bits per heavy atom. The van der Waals surface area contributed by atoms with Crippen molar-refractivity contribution < 1.29 is 0 Å². The van der Waals surface area contributed by atoms with E-state index in [1.54, 1.807) is 0 Å². The molecule has 3 rings (SSSR count). The van der Waals surface area contributed by atoms with Crippen LogP contribution in [-0.2, 0) is 0 Å². The molecule has 0 spiro atoms. The molecule has 1 aromatic carbocycles. The van der Waals surface area contributed by atoms with Crippen molar-refractivity contribution in [2.45, 2.75) is 18.8 Å². The van der Waals surface area contributed by atoms with Crippen LogP contribution in [0.3, 0.4) is 0 Å². The highest BCUT2D eigenvalue weighted by molar-refractivity contribution is 7.17. The van der Waals surface area contributed by atoms with Crippen LogP contribution in [-0.4, -0.2) is 13.1 Å². The van der Waals surface area contributed by atoms with Crippen LogP contribution in [0.15, 0.2) is 29.6 Å². The molecule has 1 saturated heterocycles. The average molecular weight is 216 g/mol. The second kappa shape index (κ2) is 3.95. The second-order valence-corrected chi connectivity index (χ2v) is 5.11. The van der Waals surface area contributed by atoms with E-state index in [1.165, 1.54) is 28.5 Å². The number of hydrogen-bond acceptors (Lipinski definition) is 1. The zero-order chi connectivity index (χ0) is 10.1. The van der Waals surface area contributed by atoms with Gasteiger partial charge < -0.3 is 0 Å². The first-order valence-corrected chi connectivity index (χ1v) is 6.42. The first-order chi connectivity index (χ1) is 7.43. The molecule has 0 amide bonds. The van der Waals surface area contributed by atoms with Crippen LogP contribution in [0.1, 0.15) is 24.3 Å². The molecular formula is C13H14NS. The van der Waals surface area contributed by atoms with Gasteiger partial charge in [-0.15, -0.1) is 11.3 Å². The lowest BCUT2D eigenvalue weighted by Gasteiger charge is -2.21. The van der Waals surface area contributed by atoms with Crippen LogP contribution in [0.5, 0.6) is 0 Å². The molecule has 2 heterocycles. The number of rotatable bonds is 1. The van der Waals surface area contributed by atoms with Crippen molar-refractivity contribution in [3.8, 4) is 0 Å². The van der Waals surface area contributed by atoms with Crippen LogP contribution >= 0.6 is 11.3 Å². The summed E-state index contributed by atoms with van der Waals surface area (Å²) in [5, 5.41) is 7.98. The number of hydrogen-bond donors (Lipinski definition) is 0. The molecule has 2 heteroatoms. The Kier molecular flexibility index (Phi) is 2.47. The lowest BCUT2D eigenvalue weighted by Crippen LogP contribution is -2.20. The van der Waals surface area contributed by atoms with Crippen molar-refractivity contribution in [2.24, 2.45) is 0 Å². The van der Waals surface area contributed by atoms with Crippen molar-refractivity contribution in [3.05, 3.63) is 35.2 Å². The van der Waals surface area contributed by atoms with Crippen molar-refractivity contribution in [1.82, 2.24) is 5.32 Å². The summed E-state index contributed by atoms with van der Waals surface area (Å²) in [6.07, 6.45) is 2.46. The molecule has 1 aromatic heterocycles. The highest BCUT2D eigenvalue weighted by Gasteiger charge is 2.15. The summed E-state index contributed by atoms with van der Waals surface area (Å²) < 4.78 is 1.40. The first-order valence-electron chi connectivity index (χ1n) is 5.54. The van der Waals surface area contributed by atoms with Crippen molar-refractivity contribution >= 4 is 21.4 Å². The Hall–Kier alpha value is -0.860. The molecular weight excluding hydrogens is 202 g/mol. The van der Waals surface area contributed by atoms with Crippen LogP contribution in [0.25, 0.3) is 10.1 Å². The Morgan fingerprint density at radius 2 is 2.00 bits per heavy atom. The van der Waals surface area contributed by atoms with Gasteiger partial charge in [0.25, 0.3) is 0 Å². The molecule has 0 N–H and O–H groups in total. The third-order valence-electron chi connectivity index (χ3n) is 3.22. The lowest BCUT2D eigenvalue weighted by molar-refractivity contribution is 0.454. The smallest absolute Gasteiger partial charge is 0.0342 e. The van der Waals surface area contributed by atoms with Crippen LogP contribution < -0.4 is 5.32 Å². The van der Waals surface area contributed by atoms with Gasteiger partial charge in [-0.05, 0) is 47.2 Å². The second-order valence-electron chi connectivity index (χ2n) is 4.16. The highest BCUT2D eigenvalue weighted by atomic mass is 32.1. The fourth-order valence-corrected chi connectivity index (χ4v) is 3.09. The van der Waals surface area contributed by atoms with Gasteiger partial charge in [-0.2, -0.15) is 0 Å². The van der Waals surface area contributed by atoms with Crippen LogP contribution in [0.4, 0.5) is 0 Å². The average Bonchev–Trinajstić information content (AvgIpc) is 2.77. The molecule has 1 fully saturated rings. The molecule has 2 aromatic rings. The third-order valence-corrected chi connectivity index (χ3v) is 4.12. The summed E-state index contributed by atoms with van der Waals surface area (Å²) >= 11 is 1.82. The maximum absolute atomic E-state index is 4.41. The van der Waals surface area contributed by atoms with E-state index in [1.807, 2.05) is 11.3 Å². The molecule has 1 radical (unpaired) electrons. The van der Waals surface area contributed by atoms with E-state index in [-0.39, 0.29) is 0 Å². The molecule has 0 saturated carbocycles. The molecule has 1 aliphatic heterocycles. The molecule has 77 valence electrons.